The quantitative estimate of drug-likeness (QED) is 0.455. The van der Waals surface area contributed by atoms with E-state index in [1.807, 2.05) is 42.5 Å². The van der Waals surface area contributed by atoms with Gasteiger partial charge in [-0.3, -0.25) is 0 Å². The topological polar surface area (TPSA) is 48.4 Å². The van der Waals surface area contributed by atoms with Crippen LogP contribution in [-0.2, 0) is 4.74 Å². The van der Waals surface area contributed by atoms with Crippen LogP contribution in [-0.4, -0.2) is 45.6 Å². The van der Waals surface area contributed by atoms with Crippen molar-refractivity contribution in [2.45, 2.75) is 6.92 Å². The number of rotatable bonds is 5. The van der Waals surface area contributed by atoms with Gasteiger partial charge in [0.2, 0.25) is 0 Å². The summed E-state index contributed by atoms with van der Waals surface area (Å²) in [5.74, 6) is 0.409. The summed E-state index contributed by atoms with van der Waals surface area (Å²) in [6.45, 7) is 2.13. The number of benzene rings is 2. The Morgan fingerprint density at radius 2 is 1.92 bits per heavy atom. The predicted octanol–water partition coefficient (Wildman–Crippen LogP) is 2.08. The van der Waals surface area contributed by atoms with Crippen molar-refractivity contribution in [3.63, 3.8) is 0 Å². The van der Waals surface area contributed by atoms with Crippen LogP contribution < -0.4 is 12.0 Å². The molecular formula is C19H17NO3Te. The van der Waals surface area contributed by atoms with Crippen molar-refractivity contribution in [3.05, 3.63) is 60.3 Å². The number of methoxy groups -OCH3 is 1. The zero-order valence-corrected chi connectivity index (χ0v) is 15.8. The third-order valence-corrected chi connectivity index (χ3v) is 6.47. The Bertz CT molecular complexity index is 865. The molecule has 0 saturated carbocycles. The number of carbonyl (C=O) groups is 1. The summed E-state index contributed by atoms with van der Waals surface area (Å²) in [5.41, 5.74) is 1.16. The number of hydrogen-bond acceptors (Lipinski definition) is 4. The molecule has 0 aliphatic rings. The Kier molecular flexibility index (Phi) is 5.34. The van der Waals surface area contributed by atoms with Gasteiger partial charge in [0.05, 0.1) is 0 Å². The molecule has 0 unspecified atom stereocenters. The molecule has 0 aliphatic heterocycles. The van der Waals surface area contributed by atoms with Crippen LogP contribution in [0, 0.1) is 0 Å². The molecule has 24 heavy (non-hydrogen) atoms. The summed E-state index contributed by atoms with van der Waals surface area (Å²) >= 11 is -0.657. The van der Waals surface area contributed by atoms with E-state index in [-0.39, 0.29) is 5.97 Å². The zero-order valence-electron chi connectivity index (χ0n) is 13.5. The average molecular weight is 435 g/mol. The zero-order chi connectivity index (χ0) is 16.9. The van der Waals surface area contributed by atoms with Crippen LogP contribution in [0.3, 0.4) is 0 Å². The van der Waals surface area contributed by atoms with Crippen LogP contribution >= 0.6 is 0 Å². The molecule has 0 atom stereocenters. The van der Waals surface area contributed by atoms with Crippen LogP contribution in [0.4, 0.5) is 0 Å². The van der Waals surface area contributed by atoms with Crippen molar-refractivity contribution in [2.24, 2.45) is 0 Å². The monoisotopic (exact) mass is 437 g/mol. The second-order valence-electron chi connectivity index (χ2n) is 5.02. The van der Waals surface area contributed by atoms with E-state index in [1.165, 1.54) is 3.61 Å². The molecule has 0 aliphatic carbocycles. The van der Waals surface area contributed by atoms with E-state index in [0.717, 1.165) is 20.3 Å². The van der Waals surface area contributed by atoms with E-state index in [4.69, 9.17) is 9.47 Å². The molecule has 2 aromatic carbocycles. The number of esters is 1. The van der Waals surface area contributed by atoms with Gasteiger partial charge in [0.25, 0.3) is 0 Å². The Morgan fingerprint density at radius 1 is 1.12 bits per heavy atom. The fourth-order valence-electron chi connectivity index (χ4n) is 2.31. The summed E-state index contributed by atoms with van der Waals surface area (Å²) in [4.78, 5) is 16.6. The van der Waals surface area contributed by atoms with E-state index in [1.54, 1.807) is 14.0 Å². The van der Waals surface area contributed by atoms with Crippen LogP contribution in [0.2, 0.25) is 0 Å². The molecule has 0 amide bonds. The number of fused-ring (bicyclic) bond motifs is 1. The van der Waals surface area contributed by atoms with Gasteiger partial charge in [-0.2, -0.15) is 0 Å². The molecule has 0 saturated heterocycles. The molecule has 0 fully saturated rings. The van der Waals surface area contributed by atoms with Gasteiger partial charge >= 0.3 is 151 Å². The van der Waals surface area contributed by atoms with Gasteiger partial charge in [0.15, 0.2) is 0 Å². The first-order valence-corrected chi connectivity index (χ1v) is 9.93. The maximum atomic E-state index is 12.1. The fourth-order valence-corrected chi connectivity index (χ4v) is 5.14. The van der Waals surface area contributed by atoms with Crippen LogP contribution in [0.15, 0.2) is 54.6 Å². The average Bonchev–Trinajstić information content (AvgIpc) is 2.62. The Hall–Kier alpha value is -2.09. The van der Waals surface area contributed by atoms with Gasteiger partial charge < -0.3 is 0 Å². The van der Waals surface area contributed by atoms with Gasteiger partial charge in [-0.25, -0.2) is 0 Å². The molecule has 0 N–H and O–H groups in total. The van der Waals surface area contributed by atoms with Gasteiger partial charge in [0.1, 0.15) is 0 Å². The van der Waals surface area contributed by atoms with E-state index in [9.17, 15) is 4.79 Å². The first kappa shape index (κ1) is 16.8. The summed E-state index contributed by atoms with van der Waals surface area (Å²) in [5, 5.41) is 1.04. The first-order chi connectivity index (χ1) is 11.7. The van der Waals surface area contributed by atoms with Crippen LogP contribution in [0.1, 0.15) is 17.4 Å². The van der Waals surface area contributed by atoms with Crippen molar-refractivity contribution >= 4 is 45.0 Å². The summed E-state index contributed by atoms with van der Waals surface area (Å²) < 4.78 is 12.9. The summed E-state index contributed by atoms with van der Waals surface area (Å²) in [6, 6.07) is 17.9. The SMILES string of the molecule is CCOC(=O)c1cc([Te]c2ccccc2)c2cc(OC)ccc2n1. The Balaban J connectivity index is 2.12. The van der Waals surface area contributed by atoms with Crippen molar-refractivity contribution in [2.75, 3.05) is 13.7 Å². The van der Waals surface area contributed by atoms with Gasteiger partial charge in [0, 0.05) is 0 Å². The normalized spacial score (nSPS) is 10.6. The summed E-state index contributed by atoms with van der Waals surface area (Å²) in [6.07, 6.45) is 0. The van der Waals surface area contributed by atoms with E-state index in [2.05, 4.69) is 17.1 Å². The molecule has 3 aromatic rings. The third-order valence-electron chi connectivity index (χ3n) is 3.43. The van der Waals surface area contributed by atoms with E-state index in [0.29, 0.717) is 12.3 Å². The number of hydrogen-bond donors (Lipinski definition) is 0. The number of nitrogens with zero attached hydrogens (tertiary/aromatic N) is 1. The molecule has 0 radical (unpaired) electrons. The molecule has 3 rings (SSSR count). The van der Waals surface area contributed by atoms with E-state index < -0.39 is 20.9 Å². The number of aromatic nitrogens is 1. The molecule has 1 aromatic heterocycles. The first-order valence-electron chi connectivity index (χ1n) is 7.60. The summed E-state index contributed by atoms with van der Waals surface area (Å²) in [7, 11) is 1.65. The Labute approximate surface area is 150 Å². The number of pyridine rings is 1. The maximum absolute atomic E-state index is 12.1. The van der Waals surface area contributed by atoms with Crippen molar-refractivity contribution in [1.82, 2.24) is 4.98 Å². The molecule has 122 valence electrons. The van der Waals surface area contributed by atoms with Crippen LogP contribution in [0.5, 0.6) is 5.75 Å². The third kappa shape index (κ3) is 3.69. The number of ether oxygens (including phenoxy) is 2. The second kappa shape index (κ2) is 7.65. The second-order valence-corrected chi connectivity index (χ2v) is 8.21. The van der Waals surface area contributed by atoms with Crippen molar-refractivity contribution in [3.8, 4) is 5.75 Å². The minimum atomic E-state index is -0.657. The van der Waals surface area contributed by atoms with Crippen molar-refractivity contribution in [1.29, 1.82) is 0 Å². The van der Waals surface area contributed by atoms with Gasteiger partial charge in [-0.15, -0.1) is 0 Å². The molecule has 1 heterocycles. The van der Waals surface area contributed by atoms with Crippen LogP contribution in [0.25, 0.3) is 10.9 Å². The van der Waals surface area contributed by atoms with Gasteiger partial charge in [-0.05, 0) is 0 Å². The van der Waals surface area contributed by atoms with Gasteiger partial charge in [-0.1, -0.05) is 0 Å². The predicted molar refractivity (Wildman–Crippen MR) is 95.7 cm³/mol. The minimum absolute atomic E-state index is 0.339. The fraction of sp³-hybridized carbons (Fsp3) is 0.158. The van der Waals surface area contributed by atoms with Crippen molar-refractivity contribution < 1.29 is 14.3 Å². The molecular weight excluding hydrogens is 418 g/mol. The molecule has 0 spiro atoms. The van der Waals surface area contributed by atoms with E-state index >= 15 is 0 Å². The molecule has 0 bridgehead atoms. The molecule has 5 heteroatoms. The number of carbonyl (C=O) groups excluding carboxylic acids is 1. The standard InChI is InChI=1S/C19H17NO3Te/c1-3-23-19(21)17-12-18(24-14-7-5-4-6-8-14)15-11-13(22-2)9-10-16(15)20-17/h4-12H,3H2,1-2H3. The molecule has 4 nitrogen and oxygen atoms in total. The Morgan fingerprint density at radius 3 is 2.62 bits per heavy atom.